The summed E-state index contributed by atoms with van der Waals surface area (Å²) >= 11 is 0. The van der Waals surface area contributed by atoms with E-state index in [0.717, 1.165) is 37.0 Å². The number of hydrogen-bond donors (Lipinski definition) is 5. The van der Waals surface area contributed by atoms with E-state index >= 15 is 0 Å². The first-order chi connectivity index (χ1) is 29.9. The lowest BCUT2D eigenvalue weighted by atomic mass is 9.84. The van der Waals surface area contributed by atoms with Crippen LogP contribution in [0.15, 0.2) is 0 Å². The number of rotatable bonds is 25. The first-order valence-corrected chi connectivity index (χ1v) is 22.9. The number of carboxylic acids is 2. The molecule has 64 heavy (non-hydrogen) atoms. The van der Waals surface area contributed by atoms with Gasteiger partial charge in [-0.3, -0.25) is 38.4 Å². The number of carboxylic acid groups (broad SMARTS) is 2. The fraction of sp³-hybridized carbons (Fsp3) is 0.800. The van der Waals surface area contributed by atoms with Crippen LogP contribution in [-0.4, -0.2) is 179 Å². The van der Waals surface area contributed by atoms with Crippen molar-refractivity contribution in [1.29, 1.82) is 0 Å². The van der Waals surface area contributed by atoms with Crippen LogP contribution >= 0.6 is 0 Å². The van der Waals surface area contributed by atoms with E-state index in [9.17, 15) is 48.3 Å². The molecule has 1 saturated carbocycles. The van der Waals surface area contributed by atoms with Crippen molar-refractivity contribution >= 4 is 53.3 Å². The molecule has 1 saturated heterocycles. The first kappa shape index (κ1) is 55.3. The SMILES string of the molecule is CC[C@H](C)[C@H](NC(=O)[C@H](CC(C)C)N(C)C(=O)[C@H](CC(C)C)NC)C(=O)N(C)[C@@H](C)C(=O)N1CC[C@H]1C(=O)N(C)[C@@H](CC1CCCCC1)C(=O)N(C)CC(=O)N[C@@H](CC(=O)O)C(=O)O. The second-order valence-electron chi connectivity index (χ2n) is 18.9. The van der Waals surface area contributed by atoms with Crippen molar-refractivity contribution in [2.24, 2.45) is 23.7 Å². The van der Waals surface area contributed by atoms with Gasteiger partial charge in [0.2, 0.25) is 41.4 Å². The zero-order chi connectivity index (χ0) is 48.7. The number of amides is 7. The maximum atomic E-state index is 14.3. The molecule has 364 valence electrons. The minimum atomic E-state index is -1.70. The smallest absolute Gasteiger partial charge is 0.326 e. The average Bonchev–Trinajstić information content (AvgIpc) is 3.22. The van der Waals surface area contributed by atoms with E-state index in [4.69, 9.17) is 5.11 Å². The highest BCUT2D eigenvalue weighted by atomic mass is 16.4. The number of aliphatic carboxylic acids is 2. The van der Waals surface area contributed by atoms with Crippen LogP contribution < -0.4 is 16.0 Å². The molecule has 0 bridgehead atoms. The monoisotopic (exact) mass is 907 g/mol. The number of likely N-dealkylation sites (tertiary alicyclic amines) is 1. The molecule has 2 aliphatic rings. The largest absolute Gasteiger partial charge is 0.481 e. The molecule has 2 fully saturated rings. The number of carbonyl (C=O) groups is 9. The van der Waals surface area contributed by atoms with Gasteiger partial charge < -0.3 is 50.7 Å². The van der Waals surface area contributed by atoms with Crippen LogP contribution in [0.4, 0.5) is 0 Å². The van der Waals surface area contributed by atoms with E-state index in [1.807, 2.05) is 41.5 Å². The van der Waals surface area contributed by atoms with E-state index in [-0.39, 0.29) is 36.1 Å². The minimum absolute atomic E-state index is 0.0481. The Morgan fingerprint density at radius 3 is 1.78 bits per heavy atom. The third-order valence-corrected chi connectivity index (χ3v) is 13.0. The fourth-order valence-electron chi connectivity index (χ4n) is 8.47. The molecule has 0 aromatic heterocycles. The Morgan fingerprint density at radius 2 is 1.30 bits per heavy atom. The fourth-order valence-corrected chi connectivity index (χ4v) is 8.47. The van der Waals surface area contributed by atoms with Crippen molar-refractivity contribution in [3.8, 4) is 0 Å². The summed E-state index contributed by atoms with van der Waals surface area (Å²) in [6.45, 7) is 12.8. The summed E-state index contributed by atoms with van der Waals surface area (Å²) in [5.41, 5.74) is 0. The molecule has 19 heteroatoms. The predicted molar refractivity (Wildman–Crippen MR) is 239 cm³/mol. The van der Waals surface area contributed by atoms with Crippen LogP contribution in [0, 0.1) is 23.7 Å². The van der Waals surface area contributed by atoms with Crippen LogP contribution in [0.5, 0.6) is 0 Å². The third-order valence-electron chi connectivity index (χ3n) is 13.0. The zero-order valence-electron chi connectivity index (χ0n) is 40.3. The van der Waals surface area contributed by atoms with E-state index in [2.05, 4.69) is 16.0 Å². The molecular formula is C45H78N8O11. The zero-order valence-corrected chi connectivity index (χ0v) is 40.3. The highest BCUT2D eigenvalue weighted by Crippen LogP contribution is 2.31. The van der Waals surface area contributed by atoms with Gasteiger partial charge in [-0.25, -0.2) is 4.79 Å². The van der Waals surface area contributed by atoms with Crippen molar-refractivity contribution in [3.05, 3.63) is 0 Å². The van der Waals surface area contributed by atoms with Crippen molar-refractivity contribution in [2.75, 3.05) is 48.3 Å². The second-order valence-corrected chi connectivity index (χ2v) is 18.9. The Hall–Kier alpha value is -4.81. The quantitative estimate of drug-likeness (QED) is 0.0881. The van der Waals surface area contributed by atoms with Crippen molar-refractivity contribution in [1.82, 2.24) is 40.4 Å². The molecule has 7 amide bonds. The Morgan fingerprint density at radius 1 is 0.703 bits per heavy atom. The summed E-state index contributed by atoms with van der Waals surface area (Å²) < 4.78 is 0. The van der Waals surface area contributed by atoms with Gasteiger partial charge >= 0.3 is 11.9 Å². The summed E-state index contributed by atoms with van der Waals surface area (Å²) in [7, 11) is 7.62. The second kappa shape index (κ2) is 25.6. The Labute approximate surface area is 379 Å². The topological polar surface area (TPSA) is 246 Å². The summed E-state index contributed by atoms with van der Waals surface area (Å²) in [5.74, 6) is -6.56. The molecular weight excluding hydrogens is 829 g/mol. The van der Waals surface area contributed by atoms with Gasteiger partial charge in [-0.2, -0.15) is 0 Å². The summed E-state index contributed by atoms with van der Waals surface area (Å²) in [5, 5.41) is 26.6. The number of hydrogen-bond acceptors (Lipinski definition) is 10. The highest BCUT2D eigenvalue weighted by Gasteiger charge is 2.45. The Balaban J connectivity index is 2.29. The number of carbonyl (C=O) groups excluding carboxylic acids is 7. The van der Waals surface area contributed by atoms with Gasteiger partial charge in [-0.05, 0) is 63.3 Å². The lowest BCUT2D eigenvalue weighted by Gasteiger charge is -2.45. The third kappa shape index (κ3) is 15.4. The standard InChI is InChI=1S/C45H78N8O11/c1-13-28(6)38(48-39(57)34(22-27(4)5)51(11)41(59)31(46-8)21-26(2)3)44(62)50(10)29(7)40(58)53-20-19-33(53)43(61)52(12)35(23-30-17-15-14-16-18-30)42(60)49(9)25-36(54)47-32(45(63)64)24-37(55)56/h26-35,38,46H,13-25H2,1-12H3,(H,47,54)(H,48,57)(H,55,56)(H,63,64)/t28-,29-,31-,32-,33-,34-,35-,38-/m0/s1. The maximum absolute atomic E-state index is 14.3. The van der Waals surface area contributed by atoms with E-state index < -0.39 is 103 Å². The van der Waals surface area contributed by atoms with Crippen LogP contribution in [0.3, 0.4) is 0 Å². The number of nitrogens with zero attached hydrogens (tertiary/aromatic N) is 5. The molecule has 19 nitrogen and oxygen atoms in total. The molecule has 0 aromatic carbocycles. The summed E-state index contributed by atoms with van der Waals surface area (Å²) in [6.07, 6.45) is 5.88. The van der Waals surface area contributed by atoms with Crippen molar-refractivity contribution in [2.45, 2.75) is 161 Å². The van der Waals surface area contributed by atoms with Crippen LogP contribution in [-0.2, 0) is 43.2 Å². The van der Waals surface area contributed by atoms with Crippen LogP contribution in [0.25, 0.3) is 0 Å². The normalized spacial score (nSPS) is 18.6. The molecule has 5 N–H and O–H groups in total. The Bertz CT molecular complexity index is 1650. The lowest BCUT2D eigenvalue weighted by Crippen LogP contribution is -2.65. The molecule has 1 heterocycles. The predicted octanol–water partition coefficient (Wildman–Crippen LogP) is 1.77. The van der Waals surface area contributed by atoms with E-state index in [1.54, 1.807) is 21.0 Å². The van der Waals surface area contributed by atoms with Gasteiger partial charge in [0.25, 0.3) is 0 Å². The van der Waals surface area contributed by atoms with Gasteiger partial charge in [0.05, 0.1) is 19.0 Å². The Kier molecular flexibility index (Phi) is 22.1. The summed E-state index contributed by atoms with van der Waals surface area (Å²) in [6, 6.07) is -7.07. The van der Waals surface area contributed by atoms with E-state index in [1.165, 1.54) is 40.7 Å². The average molecular weight is 907 g/mol. The van der Waals surface area contributed by atoms with Crippen LogP contribution in [0.2, 0.25) is 0 Å². The molecule has 1 aliphatic heterocycles. The molecule has 0 radical (unpaired) electrons. The molecule has 2 rings (SSSR count). The lowest BCUT2D eigenvalue weighted by molar-refractivity contribution is -0.160. The van der Waals surface area contributed by atoms with Gasteiger partial charge in [0.15, 0.2) is 0 Å². The molecule has 0 unspecified atom stereocenters. The highest BCUT2D eigenvalue weighted by molar-refractivity contribution is 5.98. The minimum Gasteiger partial charge on any atom is -0.481 e. The maximum Gasteiger partial charge on any atom is 0.326 e. The summed E-state index contributed by atoms with van der Waals surface area (Å²) in [4.78, 5) is 126. The van der Waals surface area contributed by atoms with Gasteiger partial charge in [0, 0.05) is 34.7 Å². The van der Waals surface area contributed by atoms with Gasteiger partial charge in [-0.15, -0.1) is 0 Å². The van der Waals surface area contributed by atoms with E-state index in [0.29, 0.717) is 32.1 Å². The van der Waals surface area contributed by atoms with Crippen LogP contribution in [0.1, 0.15) is 119 Å². The first-order valence-electron chi connectivity index (χ1n) is 22.9. The molecule has 0 aromatic rings. The number of nitrogens with one attached hydrogen (secondary N) is 3. The molecule has 1 aliphatic carbocycles. The van der Waals surface area contributed by atoms with Crippen molar-refractivity contribution < 1.29 is 53.4 Å². The van der Waals surface area contributed by atoms with Gasteiger partial charge in [-0.1, -0.05) is 80.1 Å². The molecule has 8 atom stereocenters. The molecule has 0 spiro atoms. The van der Waals surface area contributed by atoms with Gasteiger partial charge in [0.1, 0.15) is 36.3 Å². The number of likely N-dealkylation sites (N-methyl/N-ethyl adjacent to an activating group) is 5. The van der Waals surface area contributed by atoms with Crippen molar-refractivity contribution in [3.63, 3.8) is 0 Å².